The number of unbranched alkanes of at least 4 members (excludes halogenated alkanes) is 13. The van der Waals surface area contributed by atoms with Crippen molar-refractivity contribution in [2.24, 2.45) is 11.8 Å². The fourth-order valence-electron chi connectivity index (χ4n) is 4.73. The van der Waals surface area contributed by atoms with Crippen LogP contribution in [0.25, 0.3) is 0 Å². The van der Waals surface area contributed by atoms with Gasteiger partial charge in [0.15, 0.2) is 0 Å². The maximum absolute atomic E-state index is 2.38. The summed E-state index contributed by atoms with van der Waals surface area (Å²) in [5.74, 6) is 2.06. The lowest BCUT2D eigenvalue weighted by atomic mass is 9.78. The first-order valence-electron chi connectivity index (χ1n) is 13.3. The van der Waals surface area contributed by atoms with Gasteiger partial charge in [-0.15, -0.1) is 0 Å². The van der Waals surface area contributed by atoms with Crippen molar-refractivity contribution < 1.29 is 0 Å². The van der Waals surface area contributed by atoms with E-state index < -0.39 is 0 Å². The summed E-state index contributed by atoms with van der Waals surface area (Å²) in [6.07, 6.45) is 30.7. The summed E-state index contributed by atoms with van der Waals surface area (Å²) in [6, 6.07) is 0. The Balaban J connectivity index is 4.41. The van der Waals surface area contributed by atoms with Crippen molar-refractivity contribution in [3.05, 3.63) is 0 Å². The summed E-state index contributed by atoms with van der Waals surface area (Å²) in [5.41, 5.74) is 0. The minimum absolute atomic E-state index is 1.03. The second-order valence-electron chi connectivity index (χ2n) is 9.27. The van der Waals surface area contributed by atoms with Crippen LogP contribution in [-0.4, -0.2) is 0 Å². The molecule has 0 saturated heterocycles. The molecule has 27 heavy (non-hydrogen) atoms. The third-order valence-corrected chi connectivity index (χ3v) is 6.63. The maximum Gasteiger partial charge on any atom is -0.0386 e. The Hall–Kier alpha value is 0. The van der Waals surface area contributed by atoms with Crippen molar-refractivity contribution in [2.45, 2.75) is 163 Å². The van der Waals surface area contributed by atoms with Gasteiger partial charge in [-0.1, -0.05) is 163 Å². The molecule has 0 aromatic rings. The molecule has 0 bridgehead atoms. The highest BCUT2D eigenvalue weighted by molar-refractivity contribution is 4.72. The SMILES string of the molecule is CCCCCCCCC(CCCC)C(CCCCCC)CCCCCCC. The van der Waals surface area contributed by atoms with Crippen molar-refractivity contribution in [3.63, 3.8) is 0 Å². The molecule has 0 heterocycles. The Morgan fingerprint density at radius 3 is 0.926 bits per heavy atom. The predicted molar refractivity (Wildman–Crippen MR) is 127 cm³/mol. The second kappa shape index (κ2) is 22.3. The average molecular weight is 381 g/mol. The van der Waals surface area contributed by atoms with Crippen LogP contribution in [-0.2, 0) is 0 Å². The molecule has 0 spiro atoms. The maximum atomic E-state index is 2.38. The van der Waals surface area contributed by atoms with Crippen LogP contribution in [0.4, 0.5) is 0 Å². The Bertz CT molecular complexity index is 257. The molecule has 0 aromatic heterocycles. The van der Waals surface area contributed by atoms with E-state index in [1.165, 1.54) is 135 Å². The second-order valence-corrected chi connectivity index (χ2v) is 9.27. The first-order chi connectivity index (χ1) is 13.3. The van der Waals surface area contributed by atoms with E-state index in [0.29, 0.717) is 0 Å². The molecule has 0 radical (unpaired) electrons. The van der Waals surface area contributed by atoms with E-state index in [9.17, 15) is 0 Å². The smallest absolute Gasteiger partial charge is 0.0386 e. The van der Waals surface area contributed by atoms with E-state index in [1.54, 1.807) is 0 Å². The molecule has 0 aliphatic rings. The van der Waals surface area contributed by atoms with Crippen molar-refractivity contribution in [2.75, 3.05) is 0 Å². The minimum atomic E-state index is 1.03. The van der Waals surface area contributed by atoms with Crippen LogP contribution < -0.4 is 0 Å². The third kappa shape index (κ3) is 17.8. The summed E-state index contributed by atoms with van der Waals surface area (Å²) in [7, 11) is 0. The van der Waals surface area contributed by atoms with Gasteiger partial charge in [0.1, 0.15) is 0 Å². The predicted octanol–water partition coefficient (Wildman–Crippen LogP) is 10.5. The zero-order valence-electron chi connectivity index (χ0n) is 20.0. The van der Waals surface area contributed by atoms with Crippen LogP contribution in [0.15, 0.2) is 0 Å². The molecule has 0 aromatic carbocycles. The van der Waals surface area contributed by atoms with E-state index in [1.807, 2.05) is 0 Å². The van der Waals surface area contributed by atoms with Gasteiger partial charge < -0.3 is 0 Å². The summed E-state index contributed by atoms with van der Waals surface area (Å²) in [6.45, 7) is 9.37. The minimum Gasteiger partial charge on any atom is -0.0654 e. The zero-order valence-corrected chi connectivity index (χ0v) is 20.0. The Morgan fingerprint density at radius 1 is 0.296 bits per heavy atom. The molecule has 164 valence electrons. The number of hydrogen-bond donors (Lipinski definition) is 0. The highest BCUT2D eigenvalue weighted by Crippen LogP contribution is 2.33. The van der Waals surface area contributed by atoms with Gasteiger partial charge in [0, 0.05) is 0 Å². The fourth-order valence-corrected chi connectivity index (χ4v) is 4.73. The summed E-state index contributed by atoms with van der Waals surface area (Å²) in [5, 5.41) is 0. The first-order valence-corrected chi connectivity index (χ1v) is 13.3. The summed E-state index contributed by atoms with van der Waals surface area (Å²) in [4.78, 5) is 0. The van der Waals surface area contributed by atoms with Crippen LogP contribution in [0.5, 0.6) is 0 Å². The fraction of sp³-hybridized carbons (Fsp3) is 1.00. The molecule has 0 rings (SSSR count). The number of hydrogen-bond acceptors (Lipinski definition) is 0. The van der Waals surface area contributed by atoms with Gasteiger partial charge >= 0.3 is 0 Å². The van der Waals surface area contributed by atoms with Gasteiger partial charge in [-0.25, -0.2) is 0 Å². The van der Waals surface area contributed by atoms with Gasteiger partial charge in [-0.2, -0.15) is 0 Å². The summed E-state index contributed by atoms with van der Waals surface area (Å²) >= 11 is 0. The van der Waals surface area contributed by atoms with Gasteiger partial charge in [0.2, 0.25) is 0 Å². The van der Waals surface area contributed by atoms with Gasteiger partial charge in [-0.05, 0) is 11.8 Å². The molecule has 2 atom stereocenters. The molecule has 0 fully saturated rings. The molecular weight excluding hydrogens is 324 g/mol. The molecule has 0 amide bonds. The van der Waals surface area contributed by atoms with Crippen molar-refractivity contribution in [3.8, 4) is 0 Å². The van der Waals surface area contributed by atoms with Crippen LogP contribution in [0.3, 0.4) is 0 Å². The van der Waals surface area contributed by atoms with Crippen LogP contribution in [0, 0.1) is 11.8 Å². The van der Waals surface area contributed by atoms with Crippen LogP contribution >= 0.6 is 0 Å². The molecule has 0 heteroatoms. The lowest BCUT2D eigenvalue weighted by Crippen LogP contribution is -2.16. The standard InChI is InChI=1S/C27H56/c1-5-9-13-16-18-21-24-26(22-12-8-4)27(23-19-15-11-7-3)25-20-17-14-10-6-2/h26-27H,5-25H2,1-4H3. The normalized spacial score (nSPS) is 13.8. The monoisotopic (exact) mass is 380 g/mol. The topological polar surface area (TPSA) is 0 Å². The molecular formula is C27H56. The van der Waals surface area contributed by atoms with Gasteiger partial charge in [0.05, 0.1) is 0 Å². The lowest BCUT2D eigenvalue weighted by Gasteiger charge is -2.28. The van der Waals surface area contributed by atoms with Gasteiger partial charge in [0.25, 0.3) is 0 Å². The van der Waals surface area contributed by atoms with E-state index in [4.69, 9.17) is 0 Å². The van der Waals surface area contributed by atoms with Crippen molar-refractivity contribution in [1.29, 1.82) is 0 Å². The highest BCUT2D eigenvalue weighted by Gasteiger charge is 2.20. The quantitative estimate of drug-likeness (QED) is 0.164. The average Bonchev–Trinajstić information content (AvgIpc) is 2.68. The van der Waals surface area contributed by atoms with Crippen LogP contribution in [0.2, 0.25) is 0 Å². The number of rotatable bonds is 22. The Labute approximate surface area is 174 Å². The van der Waals surface area contributed by atoms with E-state index in [2.05, 4.69) is 27.7 Å². The van der Waals surface area contributed by atoms with E-state index >= 15 is 0 Å². The molecule has 2 unspecified atom stereocenters. The van der Waals surface area contributed by atoms with E-state index in [-0.39, 0.29) is 0 Å². The molecule has 0 saturated carbocycles. The summed E-state index contributed by atoms with van der Waals surface area (Å²) < 4.78 is 0. The first kappa shape index (κ1) is 27.0. The molecule has 0 aliphatic carbocycles. The largest absolute Gasteiger partial charge is 0.0654 e. The Morgan fingerprint density at radius 2 is 0.556 bits per heavy atom. The van der Waals surface area contributed by atoms with Crippen molar-refractivity contribution in [1.82, 2.24) is 0 Å². The molecule has 0 aliphatic heterocycles. The third-order valence-electron chi connectivity index (χ3n) is 6.63. The Kier molecular flexibility index (Phi) is 22.3. The van der Waals surface area contributed by atoms with Crippen LogP contribution in [0.1, 0.15) is 163 Å². The van der Waals surface area contributed by atoms with Gasteiger partial charge in [-0.3, -0.25) is 0 Å². The van der Waals surface area contributed by atoms with E-state index in [0.717, 1.165) is 11.8 Å². The lowest BCUT2D eigenvalue weighted by molar-refractivity contribution is 0.238. The highest BCUT2D eigenvalue weighted by atomic mass is 14.3. The molecule has 0 N–H and O–H groups in total. The molecule has 0 nitrogen and oxygen atoms in total. The zero-order chi connectivity index (χ0) is 20.0. The van der Waals surface area contributed by atoms with Crippen molar-refractivity contribution >= 4 is 0 Å².